The molecule has 39 heavy (non-hydrogen) atoms. The molecule has 0 atom stereocenters. The molecule has 7 heteroatoms. The van der Waals surface area contributed by atoms with Crippen molar-refractivity contribution in [3.63, 3.8) is 0 Å². The van der Waals surface area contributed by atoms with E-state index in [2.05, 4.69) is 55.1 Å². The van der Waals surface area contributed by atoms with Crippen molar-refractivity contribution in [3.8, 4) is 51.0 Å². The van der Waals surface area contributed by atoms with Crippen molar-refractivity contribution in [2.45, 2.75) is 6.92 Å². The van der Waals surface area contributed by atoms with E-state index in [0.29, 0.717) is 0 Å². The number of hydrogen-bond acceptors (Lipinski definition) is 7. The molecule has 5 rings (SSSR count). The van der Waals surface area contributed by atoms with Crippen LogP contribution in [0.15, 0.2) is 60.7 Å². The van der Waals surface area contributed by atoms with Gasteiger partial charge in [-0.15, -0.1) is 0 Å². The van der Waals surface area contributed by atoms with E-state index in [1.807, 2.05) is 36.4 Å². The summed E-state index contributed by atoms with van der Waals surface area (Å²) in [5.74, 6) is 3.73. The first-order valence-corrected chi connectivity index (χ1v) is 12.7. The molecule has 0 N–H and O–H groups in total. The standard InChI is InChI=1S/C32H34N2O5/c1-19-21(30-26(37-6)13-10-14-27(30)38-7)18-28(39-8)32-31(19)33(2)22-16-15-20(17-23(22)34(32)3)29-24(35-4)11-9-12-25(29)36-5/h9-18H,1-8H3. The van der Waals surface area contributed by atoms with E-state index >= 15 is 0 Å². The van der Waals surface area contributed by atoms with Crippen LogP contribution >= 0.6 is 0 Å². The maximum absolute atomic E-state index is 6.01. The highest BCUT2D eigenvalue weighted by molar-refractivity contribution is 6.01. The molecule has 0 spiro atoms. The minimum Gasteiger partial charge on any atom is -0.496 e. The van der Waals surface area contributed by atoms with E-state index in [9.17, 15) is 0 Å². The SMILES string of the molecule is COc1cccc(OC)c1-c1ccc2c(c1)N(C)c1c(OC)cc(-c3c(OC)cccc3OC)c(C)c1N2C. The van der Waals surface area contributed by atoms with Crippen molar-refractivity contribution >= 4 is 22.7 Å². The third kappa shape index (κ3) is 4.05. The minimum absolute atomic E-state index is 0.738. The molecule has 1 aliphatic heterocycles. The first kappa shape index (κ1) is 26.1. The molecular formula is C32H34N2O5. The van der Waals surface area contributed by atoms with Gasteiger partial charge in [-0.25, -0.2) is 0 Å². The molecule has 7 nitrogen and oxygen atoms in total. The van der Waals surface area contributed by atoms with Crippen molar-refractivity contribution in [2.24, 2.45) is 0 Å². The van der Waals surface area contributed by atoms with Crippen LogP contribution in [-0.2, 0) is 0 Å². The maximum atomic E-state index is 6.01. The monoisotopic (exact) mass is 526 g/mol. The zero-order valence-corrected chi connectivity index (χ0v) is 23.7. The Balaban J connectivity index is 1.73. The predicted molar refractivity (Wildman–Crippen MR) is 157 cm³/mol. The zero-order valence-electron chi connectivity index (χ0n) is 23.7. The summed E-state index contributed by atoms with van der Waals surface area (Å²) in [5, 5.41) is 0. The molecule has 0 radical (unpaired) electrons. The quantitative estimate of drug-likeness (QED) is 0.252. The Morgan fingerprint density at radius 1 is 0.513 bits per heavy atom. The Morgan fingerprint density at radius 3 is 1.51 bits per heavy atom. The average Bonchev–Trinajstić information content (AvgIpc) is 2.98. The van der Waals surface area contributed by atoms with Crippen molar-refractivity contribution in [3.05, 3.63) is 66.2 Å². The van der Waals surface area contributed by atoms with Crippen molar-refractivity contribution < 1.29 is 23.7 Å². The Kier molecular flexibility index (Phi) is 6.91. The molecule has 0 saturated carbocycles. The number of hydrogen-bond donors (Lipinski definition) is 0. The van der Waals surface area contributed by atoms with Gasteiger partial charge in [0.15, 0.2) is 0 Å². The number of anilines is 4. The van der Waals surface area contributed by atoms with Gasteiger partial charge in [-0.1, -0.05) is 18.2 Å². The van der Waals surface area contributed by atoms with E-state index in [-0.39, 0.29) is 0 Å². The average molecular weight is 527 g/mol. The molecular weight excluding hydrogens is 492 g/mol. The van der Waals surface area contributed by atoms with Gasteiger partial charge in [-0.3, -0.25) is 0 Å². The Labute approximate surface area is 230 Å². The Hall–Kier alpha value is -4.52. The second kappa shape index (κ2) is 10.3. The summed E-state index contributed by atoms with van der Waals surface area (Å²) >= 11 is 0. The van der Waals surface area contributed by atoms with Gasteiger partial charge >= 0.3 is 0 Å². The fraction of sp³-hybridized carbons (Fsp3) is 0.250. The van der Waals surface area contributed by atoms with E-state index in [1.54, 1.807) is 35.5 Å². The van der Waals surface area contributed by atoms with Gasteiger partial charge in [-0.2, -0.15) is 0 Å². The molecule has 4 aromatic carbocycles. The second-order valence-electron chi connectivity index (χ2n) is 9.35. The van der Waals surface area contributed by atoms with E-state index in [4.69, 9.17) is 23.7 Å². The molecule has 202 valence electrons. The van der Waals surface area contributed by atoms with Crippen LogP contribution in [0.5, 0.6) is 28.7 Å². The number of ether oxygens (including phenoxy) is 5. The summed E-state index contributed by atoms with van der Waals surface area (Å²) in [7, 11) is 12.6. The van der Waals surface area contributed by atoms with E-state index in [0.717, 1.165) is 79.3 Å². The lowest BCUT2D eigenvalue weighted by Gasteiger charge is -2.39. The van der Waals surface area contributed by atoms with Crippen LogP contribution in [0.4, 0.5) is 22.7 Å². The largest absolute Gasteiger partial charge is 0.496 e. The highest BCUT2D eigenvalue weighted by Crippen LogP contribution is 2.56. The molecule has 0 bridgehead atoms. The first-order chi connectivity index (χ1) is 18.9. The summed E-state index contributed by atoms with van der Waals surface area (Å²) in [6.07, 6.45) is 0. The van der Waals surface area contributed by atoms with Crippen molar-refractivity contribution in [2.75, 3.05) is 59.4 Å². The maximum Gasteiger partial charge on any atom is 0.145 e. The van der Waals surface area contributed by atoms with Crippen LogP contribution < -0.4 is 33.5 Å². The van der Waals surface area contributed by atoms with Gasteiger partial charge in [-0.05, 0) is 66.1 Å². The highest BCUT2D eigenvalue weighted by atomic mass is 16.5. The smallest absolute Gasteiger partial charge is 0.145 e. The van der Waals surface area contributed by atoms with Gasteiger partial charge in [0, 0.05) is 14.1 Å². The lowest BCUT2D eigenvalue weighted by atomic mass is 9.93. The molecule has 0 aliphatic carbocycles. The molecule has 0 aromatic heterocycles. The first-order valence-electron chi connectivity index (χ1n) is 12.7. The number of benzene rings is 4. The Morgan fingerprint density at radius 2 is 1.00 bits per heavy atom. The number of methoxy groups -OCH3 is 5. The van der Waals surface area contributed by atoms with Crippen LogP contribution in [0.25, 0.3) is 22.3 Å². The van der Waals surface area contributed by atoms with Crippen molar-refractivity contribution in [1.82, 2.24) is 0 Å². The molecule has 0 amide bonds. The van der Waals surface area contributed by atoms with Gasteiger partial charge in [0.05, 0.1) is 63.7 Å². The zero-order chi connectivity index (χ0) is 27.8. The Bertz CT molecular complexity index is 1500. The summed E-state index contributed by atoms with van der Waals surface area (Å²) in [4.78, 5) is 4.41. The van der Waals surface area contributed by atoms with Gasteiger partial charge < -0.3 is 33.5 Å². The summed E-state index contributed by atoms with van der Waals surface area (Å²) in [5.41, 5.74) is 9.01. The van der Waals surface area contributed by atoms with Crippen molar-refractivity contribution in [1.29, 1.82) is 0 Å². The molecule has 0 fully saturated rings. The minimum atomic E-state index is 0.738. The number of nitrogens with zero attached hydrogens (tertiary/aromatic N) is 2. The van der Waals surface area contributed by atoms with E-state index < -0.39 is 0 Å². The molecule has 4 aromatic rings. The number of rotatable bonds is 7. The van der Waals surface area contributed by atoms with Crippen LogP contribution in [-0.4, -0.2) is 49.6 Å². The normalized spacial score (nSPS) is 12.0. The van der Waals surface area contributed by atoms with Gasteiger partial charge in [0.2, 0.25) is 0 Å². The third-order valence-corrected chi connectivity index (χ3v) is 7.49. The van der Waals surface area contributed by atoms with Gasteiger partial charge in [0.25, 0.3) is 0 Å². The second-order valence-corrected chi connectivity index (χ2v) is 9.35. The topological polar surface area (TPSA) is 52.6 Å². The summed E-state index contributed by atoms with van der Waals surface area (Å²) < 4.78 is 28.9. The van der Waals surface area contributed by atoms with Crippen LogP contribution in [0.2, 0.25) is 0 Å². The summed E-state index contributed by atoms with van der Waals surface area (Å²) in [6.45, 7) is 2.13. The molecule has 1 heterocycles. The van der Waals surface area contributed by atoms with Crippen LogP contribution in [0.1, 0.15) is 5.56 Å². The molecule has 0 unspecified atom stereocenters. The molecule has 0 saturated heterocycles. The van der Waals surface area contributed by atoms with Crippen LogP contribution in [0.3, 0.4) is 0 Å². The summed E-state index contributed by atoms with van der Waals surface area (Å²) in [6, 6.07) is 20.1. The predicted octanol–water partition coefficient (Wildman–Crippen LogP) is 7.22. The molecule has 1 aliphatic rings. The fourth-order valence-electron chi connectivity index (χ4n) is 5.60. The lowest BCUT2D eigenvalue weighted by Crippen LogP contribution is -2.26. The fourth-order valence-corrected chi connectivity index (χ4v) is 5.60. The third-order valence-electron chi connectivity index (χ3n) is 7.49. The lowest BCUT2D eigenvalue weighted by molar-refractivity contribution is 0.397. The van der Waals surface area contributed by atoms with Gasteiger partial charge in [0.1, 0.15) is 34.4 Å². The van der Waals surface area contributed by atoms with Crippen LogP contribution in [0, 0.1) is 6.92 Å². The number of fused-ring (bicyclic) bond motifs is 2. The van der Waals surface area contributed by atoms with E-state index in [1.165, 1.54) is 0 Å². The highest BCUT2D eigenvalue weighted by Gasteiger charge is 2.32.